The van der Waals surface area contributed by atoms with Crippen LogP contribution in [-0.2, 0) is 0 Å². The lowest BCUT2D eigenvalue weighted by Gasteiger charge is -2.06. The highest BCUT2D eigenvalue weighted by atomic mass is 127. The van der Waals surface area contributed by atoms with Crippen molar-refractivity contribution < 1.29 is 4.74 Å². The molecule has 13 heavy (non-hydrogen) atoms. The van der Waals surface area contributed by atoms with Crippen LogP contribution in [0.3, 0.4) is 0 Å². The fourth-order valence-electron chi connectivity index (χ4n) is 0.999. The summed E-state index contributed by atoms with van der Waals surface area (Å²) in [5.74, 6) is 1.61. The minimum absolute atomic E-state index is 0.517. The van der Waals surface area contributed by atoms with Crippen molar-refractivity contribution in [3.05, 3.63) is 21.0 Å². The maximum atomic E-state index is 5.72. The van der Waals surface area contributed by atoms with Crippen LogP contribution in [0, 0.1) is 9.62 Å². The lowest BCUT2D eigenvalue weighted by Crippen LogP contribution is -2.01. The number of hydrogen-bond donors (Lipinski definition) is 0. The highest BCUT2D eigenvalue weighted by Crippen LogP contribution is 2.30. The molecule has 4 heteroatoms. The number of ether oxygens (including phenoxy) is 1. The van der Waals surface area contributed by atoms with Crippen LogP contribution in [-0.4, -0.2) is 11.6 Å². The number of halogens is 2. The smallest absolute Gasteiger partial charge is 0.151 e. The Balaban J connectivity index is 2.01. The van der Waals surface area contributed by atoms with E-state index < -0.39 is 0 Å². The molecule has 0 unspecified atom stereocenters. The van der Waals surface area contributed by atoms with E-state index >= 15 is 0 Å². The van der Waals surface area contributed by atoms with Gasteiger partial charge in [-0.05, 0) is 53.5 Å². The quantitative estimate of drug-likeness (QED) is 0.632. The molecule has 0 N–H and O–H groups in total. The molecule has 0 aliphatic heterocycles. The molecule has 0 saturated heterocycles. The molecule has 1 aliphatic carbocycles. The average molecular weight is 310 g/mol. The summed E-state index contributed by atoms with van der Waals surface area (Å²) in [6.07, 6.45) is 2.61. The fraction of sp³-hybridized carbons (Fsp3) is 0.444. The third kappa shape index (κ3) is 2.71. The van der Waals surface area contributed by atoms with E-state index in [1.165, 1.54) is 12.8 Å². The van der Waals surface area contributed by atoms with Crippen molar-refractivity contribution in [2.24, 2.45) is 5.92 Å². The Bertz CT molecular complexity index is 314. The van der Waals surface area contributed by atoms with Gasteiger partial charge in [0.1, 0.15) is 8.85 Å². The number of pyridine rings is 1. The highest BCUT2D eigenvalue weighted by molar-refractivity contribution is 14.1. The molecule has 1 aromatic heterocycles. The van der Waals surface area contributed by atoms with Gasteiger partial charge >= 0.3 is 0 Å². The molecule has 1 aliphatic rings. The Hall–Kier alpha value is -0.0300. The number of nitrogens with zero attached hydrogens (tertiary/aromatic N) is 1. The molecule has 0 amide bonds. The van der Waals surface area contributed by atoms with Crippen LogP contribution < -0.4 is 4.74 Å². The molecular weight excluding hydrogens is 300 g/mol. The van der Waals surface area contributed by atoms with Crippen molar-refractivity contribution in [2.75, 3.05) is 6.61 Å². The van der Waals surface area contributed by atoms with Crippen LogP contribution in [0.4, 0.5) is 0 Å². The third-order valence-corrected chi connectivity index (χ3v) is 2.94. The van der Waals surface area contributed by atoms with Crippen molar-refractivity contribution in [3.63, 3.8) is 0 Å². The topological polar surface area (TPSA) is 22.1 Å². The van der Waals surface area contributed by atoms with Gasteiger partial charge in [-0.1, -0.05) is 11.6 Å². The molecule has 2 nitrogen and oxygen atoms in total. The van der Waals surface area contributed by atoms with E-state index in [1.54, 1.807) is 6.07 Å². The molecule has 0 bridgehead atoms. The predicted molar refractivity (Wildman–Crippen MR) is 60.2 cm³/mol. The van der Waals surface area contributed by atoms with Gasteiger partial charge in [0.05, 0.1) is 6.61 Å². The summed E-state index contributed by atoms with van der Waals surface area (Å²) < 4.78 is 6.43. The molecule has 0 spiro atoms. The fourth-order valence-corrected chi connectivity index (χ4v) is 1.88. The molecule has 70 valence electrons. The number of aromatic nitrogens is 1. The summed E-state index contributed by atoms with van der Waals surface area (Å²) in [5.41, 5.74) is 0. The van der Waals surface area contributed by atoms with Gasteiger partial charge in [0.25, 0.3) is 0 Å². The van der Waals surface area contributed by atoms with E-state index in [4.69, 9.17) is 16.3 Å². The van der Waals surface area contributed by atoms with E-state index in [0.29, 0.717) is 5.15 Å². The van der Waals surface area contributed by atoms with Crippen LogP contribution in [0.15, 0.2) is 12.1 Å². The summed E-state index contributed by atoms with van der Waals surface area (Å²) in [7, 11) is 0. The Kier molecular flexibility index (Phi) is 2.93. The first-order valence-electron chi connectivity index (χ1n) is 4.20. The van der Waals surface area contributed by atoms with Gasteiger partial charge in [-0.15, -0.1) is 0 Å². The zero-order chi connectivity index (χ0) is 9.26. The van der Waals surface area contributed by atoms with Gasteiger partial charge < -0.3 is 4.74 Å². The second-order valence-electron chi connectivity index (χ2n) is 3.18. The number of rotatable bonds is 3. The molecule has 0 aromatic carbocycles. The van der Waals surface area contributed by atoms with E-state index in [0.717, 1.165) is 22.0 Å². The summed E-state index contributed by atoms with van der Waals surface area (Å²) in [5, 5.41) is 0.517. The van der Waals surface area contributed by atoms with Crippen LogP contribution in [0.1, 0.15) is 12.8 Å². The van der Waals surface area contributed by atoms with Crippen LogP contribution in [0.25, 0.3) is 0 Å². The zero-order valence-corrected chi connectivity index (χ0v) is 9.88. The maximum Gasteiger partial charge on any atom is 0.151 e. The average Bonchev–Trinajstić information content (AvgIpc) is 2.86. The van der Waals surface area contributed by atoms with E-state index in [1.807, 2.05) is 6.07 Å². The van der Waals surface area contributed by atoms with Crippen molar-refractivity contribution in [1.29, 1.82) is 0 Å². The largest absolute Gasteiger partial charge is 0.491 e. The summed E-state index contributed by atoms with van der Waals surface area (Å²) >= 11 is 7.85. The van der Waals surface area contributed by atoms with Gasteiger partial charge in [0.15, 0.2) is 5.75 Å². The summed E-state index contributed by atoms with van der Waals surface area (Å²) in [6.45, 7) is 0.819. The zero-order valence-electron chi connectivity index (χ0n) is 6.96. The normalized spacial score (nSPS) is 15.8. The first-order chi connectivity index (χ1) is 6.25. The monoisotopic (exact) mass is 309 g/mol. The van der Waals surface area contributed by atoms with E-state index in [2.05, 4.69) is 27.6 Å². The second-order valence-corrected chi connectivity index (χ2v) is 4.59. The van der Waals surface area contributed by atoms with Gasteiger partial charge in [-0.25, -0.2) is 4.98 Å². The predicted octanol–water partition coefficient (Wildman–Crippen LogP) is 3.13. The number of hydrogen-bond acceptors (Lipinski definition) is 2. The minimum atomic E-state index is 0.517. The second kappa shape index (κ2) is 4.00. The van der Waals surface area contributed by atoms with Crippen molar-refractivity contribution in [1.82, 2.24) is 4.98 Å². The van der Waals surface area contributed by atoms with Crippen molar-refractivity contribution in [3.8, 4) is 5.75 Å². The minimum Gasteiger partial charge on any atom is -0.491 e. The lowest BCUT2D eigenvalue weighted by molar-refractivity contribution is 0.296. The Morgan fingerprint density at radius 1 is 1.54 bits per heavy atom. The molecule has 1 saturated carbocycles. The first-order valence-corrected chi connectivity index (χ1v) is 5.66. The summed E-state index contributed by atoms with van der Waals surface area (Å²) in [6, 6.07) is 3.63. The molecule has 0 radical (unpaired) electrons. The van der Waals surface area contributed by atoms with Gasteiger partial charge in [0.2, 0.25) is 0 Å². The van der Waals surface area contributed by atoms with Gasteiger partial charge in [-0.3, -0.25) is 0 Å². The SMILES string of the molecule is Clc1ccc(OCC2CC2)c(I)n1. The van der Waals surface area contributed by atoms with Crippen LogP contribution in [0.2, 0.25) is 5.15 Å². The Labute approximate surface area is 95.8 Å². The van der Waals surface area contributed by atoms with E-state index in [-0.39, 0.29) is 0 Å². The Morgan fingerprint density at radius 2 is 2.31 bits per heavy atom. The standard InChI is InChI=1S/C9H9ClINO/c10-8-4-3-7(9(11)12-8)13-5-6-1-2-6/h3-4,6H,1-2,5H2. The molecule has 2 rings (SSSR count). The van der Waals surface area contributed by atoms with Gasteiger partial charge in [-0.2, -0.15) is 0 Å². The third-order valence-electron chi connectivity index (χ3n) is 1.95. The molecule has 1 aromatic rings. The Morgan fingerprint density at radius 3 is 2.92 bits per heavy atom. The molecular formula is C9H9ClINO. The highest BCUT2D eigenvalue weighted by Gasteiger charge is 2.22. The first kappa shape index (κ1) is 9.52. The van der Waals surface area contributed by atoms with Crippen LogP contribution >= 0.6 is 34.2 Å². The van der Waals surface area contributed by atoms with E-state index in [9.17, 15) is 0 Å². The molecule has 1 heterocycles. The summed E-state index contributed by atoms with van der Waals surface area (Å²) in [4.78, 5) is 4.10. The van der Waals surface area contributed by atoms with Crippen molar-refractivity contribution in [2.45, 2.75) is 12.8 Å². The maximum absolute atomic E-state index is 5.72. The van der Waals surface area contributed by atoms with Crippen LogP contribution in [0.5, 0.6) is 5.75 Å². The lowest BCUT2D eigenvalue weighted by atomic mass is 10.4. The van der Waals surface area contributed by atoms with Gasteiger partial charge in [0, 0.05) is 0 Å². The van der Waals surface area contributed by atoms with Crippen molar-refractivity contribution >= 4 is 34.2 Å². The molecule has 1 fully saturated rings. The molecule has 0 atom stereocenters.